The number of rotatable bonds is 10. The number of nitrogens with one attached hydrogen (secondary N) is 1. The van der Waals surface area contributed by atoms with E-state index >= 15 is 0 Å². The predicted octanol–water partition coefficient (Wildman–Crippen LogP) is 5.57. The zero-order valence-electron chi connectivity index (χ0n) is 17.9. The van der Waals surface area contributed by atoms with Crippen molar-refractivity contribution in [1.82, 2.24) is 10.2 Å². The van der Waals surface area contributed by atoms with Crippen molar-refractivity contribution in [3.8, 4) is 0 Å². The van der Waals surface area contributed by atoms with E-state index in [9.17, 15) is 9.59 Å². The SMILES string of the molecule is CCCCNC(=O)C(CC)N(Cc1ccc(Cl)cc1Cl)C(=O)Cc1cccc(C)c1. The van der Waals surface area contributed by atoms with Gasteiger partial charge in [0.25, 0.3) is 0 Å². The second-order valence-corrected chi connectivity index (χ2v) is 8.34. The van der Waals surface area contributed by atoms with Crippen molar-refractivity contribution in [2.45, 2.75) is 59.0 Å². The summed E-state index contributed by atoms with van der Waals surface area (Å²) in [6.07, 6.45) is 2.64. The lowest BCUT2D eigenvalue weighted by Crippen LogP contribution is -2.49. The molecule has 0 saturated carbocycles. The van der Waals surface area contributed by atoms with Crippen LogP contribution in [0.4, 0.5) is 0 Å². The number of amides is 2. The average molecular weight is 449 g/mol. The number of halogens is 2. The summed E-state index contributed by atoms with van der Waals surface area (Å²) in [7, 11) is 0. The number of carbonyl (C=O) groups is 2. The molecule has 30 heavy (non-hydrogen) atoms. The van der Waals surface area contributed by atoms with Crippen LogP contribution in [0.25, 0.3) is 0 Å². The molecular weight excluding hydrogens is 419 g/mol. The molecule has 0 fully saturated rings. The van der Waals surface area contributed by atoms with Gasteiger partial charge >= 0.3 is 0 Å². The Balaban J connectivity index is 2.29. The number of hydrogen-bond donors (Lipinski definition) is 1. The van der Waals surface area contributed by atoms with E-state index in [0.29, 0.717) is 23.0 Å². The van der Waals surface area contributed by atoms with Gasteiger partial charge < -0.3 is 10.2 Å². The van der Waals surface area contributed by atoms with Gasteiger partial charge in [-0.05, 0) is 43.0 Å². The molecule has 2 rings (SSSR count). The lowest BCUT2D eigenvalue weighted by atomic mass is 10.1. The highest BCUT2D eigenvalue weighted by Crippen LogP contribution is 2.24. The summed E-state index contributed by atoms with van der Waals surface area (Å²) in [5.74, 6) is -0.238. The minimum absolute atomic E-state index is 0.107. The van der Waals surface area contributed by atoms with E-state index in [0.717, 1.165) is 29.5 Å². The van der Waals surface area contributed by atoms with Crippen molar-refractivity contribution in [3.63, 3.8) is 0 Å². The maximum Gasteiger partial charge on any atom is 0.242 e. The molecule has 0 aromatic heterocycles. The van der Waals surface area contributed by atoms with Gasteiger partial charge in [0.05, 0.1) is 6.42 Å². The molecule has 0 spiro atoms. The van der Waals surface area contributed by atoms with Gasteiger partial charge in [0.2, 0.25) is 11.8 Å². The van der Waals surface area contributed by atoms with Crippen LogP contribution in [0.1, 0.15) is 49.8 Å². The zero-order valence-corrected chi connectivity index (χ0v) is 19.4. The van der Waals surface area contributed by atoms with E-state index < -0.39 is 6.04 Å². The highest BCUT2D eigenvalue weighted by molar-refractivity contribution is 6.35. The summed E-state index contributed by atoms with van der Waals surface area (Å²) in [5.41, 5.74) is 2.78. The third kappa shape index (κ3) is 7.03. The van der Waals surface area contributed by atoms with Crippen molar-refractivity contribution in [2.24, 2.45) is 0 Å². The topological polar surface area (TPSA) is 49.4 Å². The number of unbranched alkanes of at least 4 members (excludes halogenated alkanes) is 1. The van der Waals surface area contributed by atoms with Crippen LogP contribution in [-0.2, 0) is 22.6 Å². The first-order valence-electron chi connectivity index (χ1n) is 10.4. The summed E-state index contributed by atoms with van der Waals surface area (Å²) in [6.45, 7) is 6.84. The van der Waals surface area contributed by atoms with Gasteiger partial charge in [0.1, 0.15) is 6.04 Å². The Hall–Kier alpha value is -2.04. The van der Waals surface area contributed by atoms with Crippen molar-refractivity contribution in [3.05, 3.63) is 69.2 Å². The van der Waals surface area contributed by atoms with Crippen LogP contribution in [0, 0.1) is 6.92 Å². The van der Waals surface area contributed by atoms with Crippen LogP contribution in [0.5, 0.6) is 0 Å². The fourth-order valence-corrected chi connectivity index (χ4v) is 3.83. The first-order valence-corrected chi connectivity index (χ1v) is 11.2. The van der Waals surface area contributed by atoms with Gasteiger partial charge in [-0.15, -0.1) is 0 Å². The molecule has 4 nitrogen and oxygen atoms in total. The molecule has 0 aliphatic carbocycles. The van der Waals surface area contributed by atoms with Crippen LogP contribution in [0.15, 0.2) is 42.5 Å². The minimum Gasteiger partial charge on any atom is -0.354 e. The van der Waals surface area contributed by atoms with Crippen molar-refractivity contribution in [1.29, 1.82) is 0 Å². The highest BCUT2D eigenvalue weighted by Gasteiger charge is 2.29. The lowest BCUT2D eigenvalue weighted by molar-refractivity contribution is -0.140. The molecule has 0 aliphatic rings. The quantitative estimate of drug-likeness (QED) is 0.483. The molecule has 0 saturated heterocycles. The summed E-state index contributed by atoms with van der Waals surface area (Å²) in [4.78, 5) is 27.8. The molecule has 6 heteroatoms. The Morgan fingerprint density at radius 3 is 2.50 bits per heavy atom. The van der Waals surface area contributed by atoms with Gasteiger partial charge in [-0.2, -0.15) is 0 Å². The van der Waals surface area contributed by atoms with Crippen molar-refractivity contribution < 1.29 is 9.59 Å². The van der Waals surface area contributed by atoms with E-state index in [2.05, 4.69) is 12.2 Å². The molecule has 162 valence electrons. The number of carbonyl (C=O) groups excluding carboxylic acids is 2. The minimum atomic E-state index is -0.564. The van der Waals surface area contributed by atoms with E-state index in [1.165, 1.54) is 0 Å². The predicted molar refractivity (Wildman–Crippen MR) is 124 cm³/mol. The third-order valence-electron chi connectivity index (χ3n) is 5.01. The molecule has 0 heterocycles. The van der Waals surface area contributed by atoms with Crippen LogP contribution in [0.3, 0.4) is 0 Å². The molecular formula is C24H30Cl2N2O2. The van der Waals surface area contributed by atoms with Gasteiger partial charge in [0, 0.05) is 23.1 Å². The number of hydrogen-bond acceptors (Lipinski definition) is 2. The van der Waals surface area contributed by atoms with E-state index in [1.807, 2.05) is 38.1 Å². The standard InChI is InChI=1S/C24H30Cl2N2O2/c1-4-6-12-27-24(30)22(5-2)28(16-19-10-11-20(25)15-21(19)26)23(29)14-18-9-7-8-17(3)13-18/h7-11,13,15,22H,4-6,12,14,16H2,1-3H3,(H,27,30). The monoisotopic (exact) mass is 448 g/mol. The first kappa shape index (κ1) is 24.2. The molecule has 0 aliphatic heterocycles. The maximum atomic E-state index is 13.3. The van der Waals surface area contributed by atoms with Crippen LogP contribution in [-0.4, -0.2) is 29.3 Å². The average Bonchev–Trinajstić information content (AvgIpc) is 2.69. The number of benzene rings is 2. The summed E-state index contributed by atoms with van der Waals surface area (Å²) < 4.78 is 0. The van der Waals surface area contributed by atoms with E-state index in [1.54, 1.807) is 23.1 Å². The van der Waals surface area contributed by atoms with E-state index in [-0.39, 0.29) is 24.8 Å². The molecule has 2 amide bonds. The Kier molecular flexibility index (Phi) is 9.67. The molecule has 2 aromatic carbocycles. The molecule has 1 atom stereocenters. The Morgan fingerprint density at radius 1 is 1.10 bits per heavy atom. The normalized spacial score (nSPS) is 11.8. The zero-order chi connectivity index (χ0) is 22.1. The smallest absolute Gasteiger partial charge is 0.242 e. The van der Waals surface area contributed by atoms with Crippen LogP contribution >= 0.6 is 23.2 Å². The lowest BCUT2D eigenvalue weighted by Gasteiger charge is -2.31. The maximum absolute atomic E-state index is 13.3. The van der Waals surface area contributed by atoms with Gasteiger partial charge in [0.15, 0.2) is 0 Å². The highest BCUT2D eigenvalue weighted by atomic mass is 35.5. The van der Waals surface area contributed by atoms with Crippen molar-refractivity contribution >= 4 is 35.0 Å². The van der Waals surface area contributed by atoms with Gasteiger partial charge in [-0.3, -0.25) is 9.59 Å². The first-order chi connectivity index (χ1) is 14.3. The fraction of sp³-hybridized carbons (Fsp3) is 0.417. The second-order valence-electron chi connectivity index (χ2n) is 7.49. The van der Waals surface area contributed by atoms with Crippen LogP contribution < -0.4 is 5.32 Å². The molecule has 2 aromatic rings. The molecule has 1 N–H and O–H groups in total. The summed E-state index contributed by atoms with van der Waals surface area (Å²) >= 11 is 12.4. The largest absolute Gasteiger partial charge is 0.354 e. The molecule has 0 bridgehead atoms. The van der Waals surface area contributed by atoms with E-state index in [4.69, 9.17) is 23.2 Å². The Bertz CT molecular complexity index is 870. The molecule has 1 unspecified atom stereocenters. The molecule has 0 radical (unpaired) electrons. The fourth-order valence-electron chi connectivity index (χ4n) is 3.36. The number of aryl methyl sites for hydroxylation is 1. The summed E-state index contributed by atoms with van der Waals surface area (Å²) in [6, 6.07) is 12.5. The summed E-state index contributed by atoms with van der Waals surface area (Å²) in [5, 5.41) is 3.98. The van der Waals surface area contributed by atoms with Crippen molar-refractivity contribution in [2.75, 3.05) is 6.54 Å². The Morgan fingerprint density at radius 2 is 1.87 bits per heavy atom. The van der Waals surface area contributed by atoms with Gasteiger partial charge in [-0.1, -0.05) is 79.4 Å². The number of nitrogens with zero attached hydrogens (tertiary/aromatic N) is 1. The second kappa shape index (κ2) is 12.0. The third-order valence-corrected chi connectivity index (χ3v) is 5.60. The van der Waals surface area contributed by atoms with Gasteiger partial charge in [-0.25, -0.2) is 0 Å². The Labute approximate surface area is 189 Å². The van der Waals surface area contributed by atoms with Crippen LogP contribution in [0.2, 0.25) is 10.0 Å².